The number of aromatic nitrogens is 3. The summed E-state index contributed by atoms with van der Waals surface area (Å²) in [6.07, 6.45) is 0. The van der Waals surface area contributed by atoms with E-state index in [0.717, 1.165) is 89.1 Å². The Kier molecular flexibility index (Phi) is 7.71. The molecule has 51 heavy (non-hydrogen) atoms. The van der Waals surface area contributed by atoms with E-state index < -0.39 is 0 Å². The fourth-order valence-electron chi connectivity index (χ4n) is 6.94. The van der Waals surface area contributed by atoms with Crippen LogP contribution in [0, 0.1) is 6.92 Å². The molecule has 0 aliphatic carbocycles. The summed E-state index contributed by atoms with van der Waals surface area (Å²) in [6.45, 7) is 2.06. The maximum absolute atomic E-state index is 5.13. The Morgan fingerprint density at radius 2 is 0.843 bits per heavy atom. The van der Waals surface area contributed by atoms with Gasteiger partial charge in [-0.05, 0) is 70.6 Å². The molecule has 0 amide bonds. The molecule has 0 radical (unpaired) electrons. The van der Waals surface area contributed by atoms with Crippen LogP contribution in [0.3, 0.4) is 0 Å². The van der Waals surface area contributed by atoms with Crippen molar-refractivity contribution in [2.24, 2.45) is 0 Å². The van der Waals surface area contributed by atoms with Crippen LogP contribution >= 0.6 is 0 Å². The summed E-state index contributed by atoms with van der Waals surface area (Å²) in [7, 11) is 0. The molecule has 0 aliphatic heterocycles. The lowest BCUT2D eigenvalue weighted by Gasteiger charge is -2.13. The van der Waals surface area contributed by atoms with Crippen molar-refractivity contribution >= 4 is 21.8 Å². The molecule has 0 atom stereocenters. The van der Waals surface area contributed by atoms with Crippen molar-refractivity contribution in [2.45, 2.75) is 6.92 Å². The van der Waals surface area contributed by atoms with Crippen LogP contribution in [-0.4, -0.2) is 15.0 Å². The average molecular weight is 652 g/mol. The van der Waals surface area contributed by atoms with E-state index in [0.29, 0.717) is 0 Å². The fourth-order valence-corrected chi connectivity index (χ4v) is 6.94. The summed E-state index contributed by atoms with van der Waals surface area (Å²) < 4.78 is 0. The number of fused-ring (bicyclic) bond motifs is 3. The van der Waals surface area contributed by atoms with Gasteiger partial charge in [0.25, 0.3) is 0 Å². The predicted molar refractivity (Wildman–Crippen MR) is 212 cm³/mol. The SMILES string of the molecule is Cc1cc(-c2cccc(-c3ccc(-c4cc(-c5ccccc5)cc(-c5ccccc5)n4)cc3)c2)c2ccc3ccc(-c4ccccc4)nc3c2n1. The Hall–Kier alpha value is -6.71. The fraction of sp³-hybridized carbons (Fsp3) is 0.0208. The van der Waals surface area contributed by atoms with Crippen molar-refractivity contribution in [3.8, 4) is 67.2 Å². The third-order valence-electron chi connectivity index (χ3n) is 9.53. The smallest absolute Gasteiger partial charge is 0.0974 e. The van der Waals surface area contributed by atoms with Crippen LogP contribution in [0.4, 0.5) is 0 Å². The van der Waals surface area contributed by atoms with Crippen LogP contribution in [-0.2, 0) is 0 Å². The van der Waals surface area contributed by atoms with Crippen molar-refractivity contribution < 1.29 is 0 Å². The van der Waals surface area contributed by atoms with Crippen LogP contribution in [0.2, 0.25) is 0 Å². The minimum atomic E-state index is 0.922. The molecule has 0 bridgehead atoms. The molecule has 0 spiro atoms. The largest absolute Gasteiger partial charge is 0.251 e. The molecule has 240 valence electrons. The highest BCUT2D eigenvalue weighted by Gasteiger charge is 2.14. The molecule has 0 unspecified atom stereocenters. The number of nitrogens with zero attached hydrogens (tertiary/aromatic N) is 3. The summed E-state index contributed by atoms with van der Waals surface area (Å²) in [4.78, 5) is 15.3. The summed E-state index contributed by atoms with van der Waals surface area (Å²) in [5, 5.41) is 2.18. The van der Waals surface area contributed by atoms with Gasteiger partial charge in [-0.3, -0.25) is 4.98 Å². The normalized spacial score (nSPS) is 11.2. The first-order valence-electron chi connectivity index (χ1n) is 17.3. The second-order valence-electron chi connectivity index (χ2n) is 12.9. The van der Waals surface area contributed by atoms with Gasteiger partial charge in [0, 0.05) is 33.2 Å². The van der Waals surface area contributed by atoms with E-state index >= 15 is 0 Å². The Morgan fingerprint density at radius 1 is 0.314 bits per heavy atom. The Labute approximate surface area is 297 Å². The van der Waals surface area contributed by atoms with Crippen molar-refractivity contribution in [3.05, 3.63) is 188 Å². The molecular formula is C48H33N3. The van der Waals surface area contributed by atoms with Crippen LogP contribution in [0.1, 0.15) is 5.69 Å². The quantitative estimate of drug-likeness (QED) is 0.168. The second-order valence-corrected chi connectivity index (χ2v) is 12.9. The Bertz CT molecular complexity index is 2610. The van der Waals surface area contributed by atoms with Crippen molar-refractivity contribution in [3.63, 3.8) is 0 Å². The summed E-state index contributed by atoms with van der Waals surface area (Å²) in [6, 6.07) is 63.9. The number of pyridine rings is 3. The van der Waals surface area contributed by atoms with Crippen LogP contribution in [0.15, 0.2) is 182 Å². The highest BCUT2D eigenvalue weighted by atomic mass is 14.8. The van der Waals surface area contributed by atoms with Crippen molar-refractivity contribution in [2.75, 3.05) is 0 Å². The first-order chi connectivity index (χ1) is 25.2. The Balaban J connectivity index is 1.09. The van der Waals surface area contributed by atoms with E-state index in [4.69, 9.17) is 15.0 Å². The highest BCUT2D eigenvalue weighted by molar-refractivity contribution is 6.09. The lowest BCUT2D eigenvalue weighted by Crippen LogP contribution is -1.93. The lowest BCUT2D eigenvalue weighted by atomic mass is 9.94. The van der Waals surface area contributed by atoms with E-state index in [1.54, 1.807) is 0 Å². The minimum Gasteiger partial charge on any atom is -0.251 e. The molecule has 3 nitrogen and oxygen atoms in total. The minimum absolute atomic E-state index is 0.922. The van der Waals surface area contributed by atoms with E-state index in [1.165, 1.54) is 5.56 Å². The highest BCUT2D eigenvalue weighted by Crippen LogP contribution is 2.36. The van der Waals surface area contributed by atoms with Crippen LogP contribution in [0.25, 0.3) is 89.0 Å². The van der Waals surface area contributed by atoms with Gasteiger partial charge in [0.2, 0.25) is 0 Å². The summed E-state index contributed by atoms with van der Waals surface area (Å²) >= 11 is 0. The number of hydrogen-bond donors (Lipinski definition) is 0. The van der Waals surface area contributed by atoms with E-state index in [-0.39, 0.29) is 0 Å². The number of rotatable bonds is 6. The number of hydrogen-bond acceptors (Lipinski definition) is 3. The van der Waals surface area contributed by atoms with Crippen molar-refractivity contribution in [1.29, 1.82) is 0 Å². The lowest BCUT2D eigenvalue weighted by molar-refractivity contribution is 1.25. The number of benzene rings is 6. The molecule has 3 heteroatoms. The Morgan fingerprint density at radius 3 is 1.53 bits per heavy atom. The summed E-state index contributed by atoms with van der Waals surface area (Å²) in [5.41, 5.74) is 15.9. The first-order valence-corrected chi connectivity index (χ1v) is 17.3. The van der Waals surface area contributed by atoms with Gasteiger partial charge in [0.05, 0.1) is 28.1 Å². The zero-order valence-corrected chi connectivity index (χ0v) is 28.2. The van der Waals surface area contributed by atoms with Gasteiger partial charge >= 0.3 is 0 Å². The van der Waals surface area contributed by atoms with Gasteiger partial charge in [-0.1, -0.05) is 152 Å². The van der Waals surface area contributed by atoms with Gasteiger partial charge in [0.15, 0.2) is 0 Å². The predicted octanol–water partition coefficient (Wildman–Crippen LogP) is 12.5. The zero-order valence-electron chi connectivity index (χ0n) is 28.2. The molecule has 0 N–H and O–H groups in total. The molecule has 6 aromatic carbocycles. The molecule has 0 saturated carbocycles. The molecule has 9 aromatic rings. The van der Waals surface area contributed by atoms with E-state index in [1.807, 2.05) is 24.3 Å². The van der Waals surface area contributed by atoms with Crippen LogP contribution < -0.4 is 0 Å². The van der Waals surface area contributed by atoms with Gasteiger partial charge in [-0.15, -0.1) is 0 Å². The molecule has 0 saturated heterocycles. The zero-order chi connectivity index (χ0) is 34.1. The molecule has 0 aliphatic rings. The van der Waals surface area contributed by atoms with Gasteiger partial charge in [-0.2, -0.15) is 0 Å². The van der Waals surface area contributed by atoms with Crippen LogP contribution in [0.5, 0.6) is 0 Å². The third-order valence-corrected chi connectivity index (χ3v) is 9.53. The summed E-state index contributed by atoms with van der Waals surface area (Å²) in [5.74, 6) is 0. The molecule has 3 aromatic heterocycles. The molecule has 9 rings (SSSR count). The standard InChI is InChI=1S/C48H33N3/c1-32-28-43(42-26-24-38-25-27-44(35-14-7-3-8-15-35)51-47(38)48(42)49-32)40-19-11-18-39(29-40)34-20-22-37(23-21-34)46-31-41(33-12-5-2-6-13-33)30-45(50-46)36-16-9-4-10-17-36/h2-31H,1H3. The molecule has 3 heterocycles. The topological polar surface area (TPSA) is 38.7 Å². The average Bonchev–Trinajstić information content (AvgIpc) is 3.21. The monoisotopic (exact) mass is 651 g/mol. The second kappa shape index (κ2) is 13.0. The van der Waals surface area contributed by atoms with E-state index in [2.05, 4.69) is 165 Å². The van der Waals surface area contributed by atoms with Gasteiger partial charge in [0.1, 0.15) is 0 Å². The molecule has 0 fully saturated rings. The molecular weight excluding hydrogens is 619 g/mol. The number of aryl methyl sites for hydroxylation is 1. The third kappa shape index (κ3) is 5.96. The maximum Gasteiger partial charge on any atom is 0.0974 e. The maximum atomic E-state index is 5.13. The van der Waals surface area contributed by atoms with Gasteiger partial charge in [-0.25, -0.2) is 9.97 Å². The first kappa shape index (κ1) is 30.4. The van der Waals surface area contributed by atoms with Crippen molar-refractivity contribution in [1.82, 2.24) is 15.0 Å². The van der Waals surface area contributed by atoms with Gasteiger partial charge < -0.3 is 0 Å². The van der Waals surface area contributed by atoms with E-state index in [9.17, 15) is 0 Å².